The third-order valence-corrected chi connectivity index (χ3v) is 3.27. The summed E-state index contributed by atoms with van der Waals surface area (Å²) in [5, 5.41) is 4.09. The van der Waals surface area contributed by atoms with Crippen molar-refractivity contribution in [2.24, 2.45) is 7.05 Å². The Morgan fingerprint density at radius 2 is 2.22 bits per heavy atom. The van der Waals surface area contributed by atoms with Crippen LogP contribution in [0.1, 0.15) is 5.56 Å². The van der Waals surface area contributed by atoms with Crippen LogP contribution in [0.3, 0.4) is 0 Å². The fraction of sp³-hybridized carbons (Fsp3) is 0.250. The van der Waals surface area contributed by atoms with Gasteiger partial charge >= 0.3 is 0 Å². The fourth-order valence-corrected chi connectivity index (χ4v) is 2.16. The summed E-state index contributed by atoms with van der Waals surface area (Å²) >= 11 is 3.11. The van der Waals surface area contributed by atoms with Gasteiger partial charge < -0.3 is 10.6 Å². The van der Waals surface area contributed by atoms with Crippen LogP contribution in [-0.2, 0) is 13.6 Å². The Bertz CT molecular complexity index is 567. The molecule has 2 aromatic rings. The SMILES string of the molecule is CN(Cc1cnn(C)c1)c1cc(F)c(Br)cc1N. The lowest BCUT2D eigenvalue weighted by molar-refractivity contribution is 0.620. The Kier molecular flexibility index (Phi) is 3.56. The Balaban J connectivity index is 2.23. The molecular formula is C12H14BrFN4. The van der Waals surface area contributed by atoms with Gasteiger partial charge in [0.2, 0.25) is 0 Å². The number of benzene rings is 1. The molecule has 0 aliphatic rings. The van der Waals surface area contributed by atoms with Gasteiger partial charge in [-0.2, -0.15) is 5.10 Å². The molecule has 96 valence electrons. The highest BCUT2D eigenvalue weighted by molar-refractivity contribution is 9.10. The van der Waals surface area contributed by atoms with Gasteiger partial charge in [0.25, 0.3) is 0 Å². The van der Waals surface area contributed by atoms with Gasteiger partial charge in [-0.1, -0.05) is 0 Å². The molecule has 6 heteroatoms. The van der Waals surface area contributed by atoms with Crippen molar-refractivity contribution < 1.29 is 4.39 Å². The number of nitrogen functional groups attached to an aromatic ring is 1. The van der Waals surface area contributed by atoms with Crippen LogP contribution < -0.4 is 10.6 Å². The molecule has 0 bridgehead atoms. The van der Waals surface area contributed by atoms with E-state index in [2.05, 4.69) is 21.0 Å². The average Bonchev–Trinajstić information content (AvgIpc) is 2.69. The summed E-state index contributed by atoms with van der Waals surface area (Å²) in [6.45, 7) is 0.624. The van der Waals surface area contributed by atoms with E-state index in [1.165, 1.54) is 6.07 Å². The van der Waals surface area contributed by atoms with Crippen molar-refractivity contribution in [3.8, 4) is 0 Å². The van der Waals surface area contributed by atoms with Crippen LogP contribution in [0.15, 0.2) is 29.0 Å². The number of aromatic nitrogens is 2. The third kappa shape index (κ3) is 2.64. The maximum absolute atomic E-state index is 13.5. The summed E-state index contributed by atoms with van der Waals surface area (Å²) in [6, 6.07) is 3.00. The first-order chi connectivity index (χ1) is 8.47. The lowest BCUT2D eigenvalue weighted by Gasteiger charge is -2.20. The smallest absolute Gasteiger partial charge is 0.139 e. The molecule has 2 rings (SSSR count). The van der Waals surface area contributed by atoms with E-state index in [0.29, 0.717) is 22.4 Å². The van der Waals surface area contributed by atoms with Gasteiger partial charge in [0.1, 0.15) is 5.82 Å². The fourth-order valence-electron chi connectivity index (χ4n) is 1.79. The number of aryl methyl sites for hydroxylation is 1. The second-order valence-corrected chi connectivity index (χ2v) is 5.06. The van der Waals surface area contributed by atoms with Crippen LogP contribution in [0.2, 0.25) is 0 Å². The van der Waals surface area contributed by atoms with Crippen molar-refractivity contribution in [1.82, 2.24) is 9.78 Å². The Morgan fingerprint density at radius 3 is 2.83 bits per heavy atom. The highest BCUT2D eigenvalue weighted by atomic mass is 79.9. The van der Waals surface area contributed by atoms with E-state index in [9.17, 15) is 4.39 Å². The first kappa shape index (κ1) is 12.9. The van der Waals surface area contributed by atoms with E-state index < -0.39 is 0 Å². The zero-order valence-corrected chi connectivity index (χ0v) is 11.8. The quantitative estimate of drug-likeness (QED) is 0.886. The lowest BCUT2D eigenvalue weighted by Crippen LogP contribution is -2.17. The predicted molar refractivity (Wildman–Crippen MR) is 73.8 cm³/mol. The van der Waals surface area contributed by atoms with E-state index >= 15 is 0 Å². The summed E-state index contributed by atoms with van der Waals surface area (Å²) in [5.41, 5.74) is 8.14. The van der Waals surface area contributed by atoms with Crippen molar-refractivity contribution in [2.45, 2.75) is 6.54 Å². The first-order valence-corrected chi connectivity index (χ1v) is 6.20. The van der Waals surface area contributed by atoms with E-state index in [0.717, 1.165) is 5.56 Å². The van der Waals surface area contributed by atoms with Crippen LogP contribution in [0.5, 0.6) is 0 Å². The molecular weight excluding hydrogens is 299 g/mol. The molecule has 4 nitrogen and oxygen atoms in total. The molecule has 0 radical (unpaired) electrons. The van der Waals surface area contributed by atoms with Crippen molar-refractivity contribution in [2.75, 3.05) is 17.7 Å². The van der Waals surface area contributed by atoms with E-state index in [-0.39, 0.29) is 5.82 Å². The number of rotatable bonds is 3. The zero-order valence-electron chi connectivity index (χ0n) is 10.2. The number of nitrogens with two attached hydrogens (primary N) is 1. The summed E-state index contributed by atoms with van der Waals surface area (Å²) in [5.74, 6) is -0.322. The summed E-state index contributed by atoms with van der Waals surface area (Å²) < 4.78 is 15.6. The minimum absolute atomic E-state index is 0.322. The molecule has 1 aromatic heterocycles. The van der Waals surface area contributed by atoms with Gasteiger partial charge in [0.15, 0.2) is 0 Å². The van der Waals surface area contributed by atoms with Gasteiger partial charge in [-0.25, -0.2) is 4.39 Å². The highest BCUT2D eigenvalue weighted by Crippen LogP contribution is 2.29. The second kappa shape index (κ2) is 4.97. The minimum atomic E-state index is -0.322. The van der Waals surface area contributed by atoms with Crippen LogP contribution in [0.4, 0.5) is 15.8 Å². The van der Waals surface area contributed by atoms with Crippen LogP contribution in [0, 0.1) is 5.82 Å². The topological polar surface area (TPSA) is 47.1 Å². The van der Waals surface area contributed by atoms with Gasteiger partial charge in [-0.05, 0) is 22.0 Å². The van der Waals surface area contributed by atoms with Crippen LogP contribution in [-0.4, -0.2) is 16.8 Å². The molecule has 1 aromatic carbocycles. The molecule has 0 spiro atoms. The molecule has 0 aliphatic heterocycles. The van der Waals surface area contributed by atoms with Crippen molar-refractivity contribution >= 4 is 27.3 Å². The van der Waals surface area contributed by atoms with Gasteiger partial charge in [-0.15, -0.1) is 0 Å². The molecule has 1 heterocycles. The van der Waals surface area contributed by atoms with E-state index in [1.807, 2.05) is 25.2 Å². The summed E-state index contributed by atoms with van der Waals surface area (Å²) in [7, 11) is 3.73. The maximum atomic E-state index is 13.5. The number of anilines is 2. The zero-order chi connectivity index (χ0) is 13.3. The van der Waals surface area contributed by atoms with E-state index in [1.54, 1.807) is 16.9 Å². The van der Waals surface area contributed by atoms with Crippen molar-refractivity contribution in [3.05, 3.63) is 40.4 Å². The number of hydrogen-bond acceptors (Lipinski definition) is 3. The molecule has 0 fully saturated rings. The van der Waals surface area contributed by atoms with E-state index in [4.69, 9.17) is 5.73 Å². The molecule has 0 saturated carbocycles. The molecule has 2 N–H and O–H groups in total. The number of nitrogens with zero attached hydrogens (tertiary/aromatic N) is 3. The maximum Gasteiger partial charge on any atom is 0.139 e. The Labute approximate surface area is 113 Å². The largest absolute Gasteiger partial charge is 0.397 e. The highest BCUT2D eigenvalue weighted by Gasteiger charge is 2.11. The number of halogens is 2. The summed E-state index contributed by atoms with van der Waals surface area (Å²) in [6.07, 6.45) is 3.70. The van der Waals surface area contributed by atoms with Gasteiger partial charge in [0, 0.05) is 38.5 Å². The third-order valence-electron chi connectivity index (χ3n) is 2.66. The summed E-state index contributed by atoms with van der Waals surface area (Å²) in [4.78, 5) is 1.89. The molecule has 18 heavy (non-hydrogen) atoms. The monoisotopic (exact) mass is 312 g/mol. The molecule has 0 amide bonds. The molecule has 0 aliphatic carbocycles. The average molecular weight is 313 g/mol. The molecule has 0 unspecified atom stereocenters. The Morgan fingerprint density at radius 1 is 1.50 bits per heavy atom. The van der Waals surface area contributed by atoms with Crippen molar-refractivity contribution in [3.63, 3.8) is 0 Å². The van der Waals surface area contributed by atoms with Crippen LogP contribution in [0.25, 0.3) is 0 Å². The van der Waals surface area contributed by atoms with Crippen molar-refractivity contribution in [1.29, 1.82) is 0 Å². The van der Waals surface area contributed by atoms with Gasteiger partial charge in [-0.3, -0.25) is 4.68 Å². The van der Waals surface area contributed by atoms with Crippen LogP contribution >= 0.6 is 15.9 Å². The number of hydrogen-bond donors (Lipinski definition) is 1. The first-order valence-electron chi connectivity index (χ1n) is 5.40. The Hall–Kier alpha value is -1.56. The minimum Gasteiger partial charge on any atom is -0.397 e. The van der Waals surface area contributed by atoms with Gasteiger partial charge in [0.05, 0.1) is 22.0 Å². The second-order valence-electron chi connectivity index (χ2n) is 4.20. The lowest BCUT2D eigenvalue weighted by atomic mass is 10.2. The normalized spacial score (nSPS) is 10.7. The standard InChI is InChI=1S/C12H14BrFN4/c1-17(6-8-5-16-18(2)7-8)12-4-10(14)9(13)3-11(12)15/h3-5,7H,6,15H2,1-2H3. The predicted octanol–water partition coefficient (Wildman–Crippen LogP) is 2.54. The molecule has 0 atom stereocenters. The molecule has 0 saturated heterocycles.